The van der Waals surface area contributed by atoms with Crippen molar-refractivity contribution in [1.82, 2.24) is 9.97 Å². The van der Waals surface area contributed by atoms with Crippen molar-refractivity contribution < 1.29 is 4.74 Å². The molecule has 0 aliphatic rings. The number of aromatic nitrogens is 2. The molecular formula is C12H22N4O. The summed E-state index contributed by atoms with van der Waals surface area (Å²) in [5.41, 5.74) is 3.60. The minimum atomic E-state index is 0.565. The van der Waals surface area contributed by atoms with E-state index in [9.17, 15) is 0 Å². The molecular weight excluding hydrogens is 216 g/mol. The second-order valence-electron chi connectivity index (χ2n) is 4.35. The lowest BCUT2D eigenvalue weighted by Crippen LogP contribution is -2.13. The molecule has 0 saturated heterocycles. The van der Waals surface area contributed by atoms with Crippen LogP contribution in [0.25, 0.3) is 0 Å². The summed E-state index contributed by atoms with van der Waals surface area (Å²) in [5, 5.41) is 0. The van der Waals surface area contributed by atoms with Gasteiger partial charge in [0.1, 0.15) is 11.6 Å². The molecule has 0 amide bonds. The first kappa shape index (κ1) is 13.9. The van der Waals surface area contributed by atoms with Gasteiger partial charge in [0.15, 0.2) is 0 Å². The molecule has 3 N–H and O–H groups in total. The van der Waals surface area contributed by atoms with Crippen LogP contribution in [0.1, 0.15) is 32.3 Å². The second-order valence-corrected chi connectivity index (χ2v) is 4.35. The van der Waals surface area contributed by atoms with Crippen molar-refractivity contribution >= 4 is 5.82 Å². The lowest BCUT2D eigenvalue weighted by molar-refractivity contribution is 0.149. The third-order valence-corrected chi connectivity index (χ3v) is 2.26. The number of ether oxygens (including phenoxy) is 1. The molecule has 0 aromatic carbocycles. The summed E-state index contributed by atoms with van der Waals surface area (Å²) in [6, 6.07) is 1.89. The van der Waals surface area contributed by atoms with Crippen molar-refractivity contribution in [2.75, 3.05) is 18.6 Å². The third kappa shape index (κ3) is 5.10. The maximum Gasteiger partial charge on any atom is 0.143 e. The van der Waals surface area contributed by atoms with Crippen LogP contribution in [0, 0.1) is 5.92 Å². The Kier molecular flexibility index (Phi) is 5.86. The second kappa shape index (κ2) is 7.19. The van der Waals surface area contributed by atoms with E-state index in [-0.39, 0.29) is 0 Å². The maximum atomic E-state index is 5.40. The van der Waals surface area contributed by atoms with Crippen LogP contribution in [0.5, 0.6) is 0 Å². The summed E-state index contributed by atoms with van der Waals surface area (Å²) < 4.78 is 5.30. The van der Waals surface area contributed by atoms with Gasteiger partial charge in [-0.1, -0.05) is 13.8 Å². The van der Waals surface area contributed by atoms with Crippen LogP contribution in [-0.2, 0) is 17.6 Å². The average molecular weight is 238 g/mol. The highest BCUT2D eigenvalue weighted by Gasteiger charge is 2.06. The Morgan fingerprint density at radius 2 is 2.18 bits per heavy atom. The zero-order valence-corrected chi connectivity index (χ0v) is 10.9. The van der Waals surface area contributed by atoms with Gasteiger partial charge < -0.3 is 10.2 Å². The Balaban J connectivity index is 2.74. The zero-order valence-electron chi connectivity index (χ0n) is 10.9. The standard InChI is InChI=1S/C12H22N4O/c1-4-17-6-5-11-14-10(7-9(2)3)8-12(15-11)16-13/h8-9H,4-7,13H2,1-3H3,(H,14,15,16). The van der Waals surface area contributed by atoms with Gasteiger partial charge in [-0.25, -0.2) is 15.8 Å². The van der Waals surface area contributed by atoms with Crippen LogP contribution in [0.3, 0.4) is 0 Å². The highest BCUT2D eigenvalue weighted by Crippen LogP contribution is 2.10. The van der Waals surface area contributed by atoms with E-state index in [0.29, 0.717) is 31.4 Å². The molecule has 5 nitrogen and oxygen atoms in total. The van der Waals surface area contributed by atoms with E-state index in [1.165, 1.54) is 0 Å². The maximum absolute atomic E-state index is 5.40. The number of hydrogen-bond acceptors (Lipinski definition) is 5. The predicted octanol–water partition coefficient (Wildman–Crippen LogP) is 1.54. The van der Waals surface area contributed by atoms with Crippen LogP contribution >= 0.6 is 0 Å². The van der Waals surface area contributed by atoms with Crippen molar-refractivity contribution in [1.29, 1.82) is 0 Å². The minimum Gasteiger partial charge on any atom is -0.381 e. The van der Waals surface area contributed by atoms with Crippen LogP contribution in [0.15, 0.2) is 6.07 Å². The Morgan fingerprint density at radius 3 is 2.76 bits per heavy atom. The van der Waals surface area contributed by atoms with Crippen molar-refractivity contribution in [2.45, 2.75) is 33.6 Å². The summed E-state index contributed by atoms with van der Waals surface area (Å²) in [4.78, 5) is 8.81. The molecule has 0 aliphatic heterocycles. The summed E-state index contributed by atoms with van der Waals surface area (Å²) in [6.45, 7) is 7.66. The van der Waals surface area contributed by atoms with Crippen molar-refractivity contribution in [3.8, 4) is 0 Å². The van der Waals surface area contributed by atoms with Gasteiger partial charge in [-0.2, -0.15) is 0 Å². The molecule has 0 aliphatic carbocycles. The molecule has 5 heteroatoms. The number of nitrogens with one attached hydrogen (secondary N) is 1. The van der Waals surface area contributed by atoms with Crippen molar-refractivity contribution in [3.63, 3.8) is 0 Å². The smallest absolute Gasteiger partial charge is 0.143 e. The van der Waals surface area contributed by atoms with Gasteiger partial charge in [0, 0.05) is 24.8 Å². The summed E-state index contributed by atoms with van der Waals surface area (Å²) in [5.74, 6) is 7.42. The quantitative estimate of drug-likeness (QED) is 0.428. The van der Waals surface area contributed by atoms with Gasteiger partial charge in [-0.05, 0) is 19.3 Å². The number of hydrogen-bond donors (Lipinski definition) is 2. The fourth-order valence-corrected chi connectivity index (χ4v) is 1.57. The number of nitrogens with zero attached hydrogens (tertiary/aromatic N) is 2. The SMILES string of the molecule is CCOCCc1nc(CC(C)C)cc(NN)n1. The fourth-order valence-electron chi connectivity index (χ4n) is 1.57. The van der Waals surface area contributed by atoms with E-state index in [2.05, 4.69) is 29.2 Å². The largest absolute Gasteiger partial charge is 0.381 e. The van der Waals surface area contributed by atoms with E-state index in [4.69, 9.17) is 10.6 Å². The lowest BCUT2D eigenvalue weighted by atomic mass is 10.1. The number of rotatable bonds is 7. The van der Waals surface area contributed by atoms with Crippen molar-refractivity contribution in [2.24, 2.45) is 11.8 Å². The fraction of sp³-hybridized carbons (Fsp3) is 0.667. The first-order valence-corrected chi connectivity index (χ1v) is 6.06. The average Bonchev–Trinajstić information content (AvgIpc) is 2.28. The Labute approximate surface area is 103 Å². The van der Waals surface area contributed by atoms with Gasteiger partial charge in [0.25, 0.3) is 0 Å². The molecule has 0 bridgehead atoms. The van der Waals surface area contributed by atoms with E-state index in [1.54, 1.807) is 0 Å². The number of nitrogens with two attached hydrogens (primary N) is 1. The Bertz CT molecular complexity index is 341. The molecule has 0 fully saturated rings. The van der Waals surface area contributed by atoms with Gasteiger partial charge in [-0.15, -0.1) is 0 Å². The molecule has 17 heavy (non-hydrogen) atoms. The predicted molar refractivity (Wildman–Crippen MR) is 68.6 cm³/mol. The first-order valence-electron chi connectivity index (χ1n) is 6.06. The lowest BCUT2D eigenvalue weighted by Gasteiger charge is -2.09. The molecule has 0 spiro atoms. The number of nitrogen functional groups attached to an aromatic ring is 1. The van der Waals surface area contributed by atoms with Crippen LogP contribution in [0.4, 0.5) is 5.82 Å². The summed E-state index contributed by atoms with van der Waals surface area (Å²) in [7, 11) is 0. The van der Waals surface area contributed by atoms with Crippen molar-refractivity contribution in [3.05, 3.63) is 17.6 Å². The van der Waals surface area contributed by atoms with Crippen LogP contribution in [-0.4, -0.2) is 23.2 Å². The molecule has 1 aromatic heterocycles. The molecule has 0 atom stereocenters. The van der Waals surface area contributed by atoms with Crippen LogP contribution < -0.4 is 11.3 Å². The molecule has 1 rings (SSSR count). The van der Waals surface area contributed by atoms with E-state index < -0.39 is 0 Å². The van der Waals surface area contributed by atoms with Gasteiger partial charge >= 0.3 is 0 Å². The summed E-state index contributed by atoms with van der Waals surface area (Å²) >= 11 is 0. The third-order valence-electron chi connectivity index (χ3n) is 2.26. The van der Waals surface area contributed by atoms with Crippen LogP contribution in [0.2, 0.25) is 0 Å². The topological polar surface area (TPSA) is 73.1 Å². The molecule has 0 saturated carbocycles. The molecule has 96 valence electrons. The molecule has 0 radical (unpaired) electrons. The molecule has 1 aromatic rings. The monoisotopic (exact) mass is 238 g/mol. The first-order chi connectivity index (χ1) is 8.15. The minimum absolute atomic E-state index is 0.565. The Hall–Kier alpha value is -1.20. The highest BCUT2D eigenvalue weighted by molar-refractivity contribution is 5.34. The van der Waals surface area contributed by atoms with Gasteiger partial charge in [-0.3, -0.25) is 0 Å². The molecule has 1 heterocycles. The summed E-state index contributed by atoms with van der Waals surface area (Å²) in [6.07, 6.45) is 1.65. The zero-order chi connectivity index (χ0) is 12.7. The van der Waals surface area contributed by atoms with E-state index >= 15 is 0 Å². The number of anilines is 1. The highest BCUT2D eigenvalue weighted by atomic mass is 16.5. The Morgan fingerprint density at radius 1 is 1.41 bits per heavy atom. The normalized spacial score (nSPS) is 10.9. The molecule has 0 unspecified atom stereocenters. The van der Waals surface area contributed by atoms with Gasteiger partial charge in [0.2, 0.25) is 0 Å². The number of hydrazine groups is 1. The van der Waals surface area contributed by atoms with Gasteiger partial charge in [0.05, 0.1) is 6.61 Å². The van der Waals surface area contributed by atoms with E-state index in [1.807, 2.05) is 13.0 Å². The van der Waals surface area contributed by atoms with E-state index in [0.717, 1.165) is 17.9 Å².